The number of methoxy groups -OCH3 is 1. The van der Waals surface area contributed by atoms with Crippen LogP contribution in [0.25, 0.3) is 0 Å². The summed E-state index contributed by atoms with van der Waals surface area (Å²) in [5, 5.41) is 0. The molecule has 3 nitrogen and oxygen atoms in total. The lowest BCUT2D eigenvalue weighted by Gasteiger charge is -2.10. The molecule has 0 aliphatic rings. The van der Waals surface area contributed by atoms with Gasteiger partial charge in [-0.15, -0.1) is 11.6 Å². The molecule has 1 aromatic heterocycles. The molecule has 0 amide bonds. The highest BCUT2D eigenvalue weighted by atomic mass is 79.9. The SMILES string of the molecule is COC(=O)c1nc(CCl)cc(Br)c1C(F)F. The number of alkyl halides is 3. The maximum Gasteiger partial charge on any atom is 0.357 e. The minimum absolute atomic E-state index is 0.0200. The van der Waals surface area contributed by atoms with E-state index in [9.17, 15) is 13.6 Å². The highest BCUT2D eigenvalue weighted by molar-refractivity contribution is 9.10. The maximum atomic E-state index is 12.7. The molecule has 0 saturated heterocycles. The van der Waals surface area contributed by atoms with E-state index in [0.29, 0.717) is 5.69 Å². The van der Waals surface area contributed by atoms with Crippen LogP contribution in [0.3, 0.4) is 0 Å². The standard InChI is InChI=1S/C9H7BrClF2NO2/c1-16-9(15)7-6(8(12)13)5(10)2-4(3-11)14-7/h2,8H,3H2,1H3. The second-order valence-electron chi connectivity index (χ2n) is 2.78. The van der Waals surface area contributed by atoms with Gasteiger partial charge in [-0.25, -0.2) is 18.6 Å². The maximum absolute atomic E-state index is 12.7. The van der Waals surface area contributed by atoms with Gasteiger partial charge in [-0.2, -0.15) is 0 Å². The average molecular weight is 315 g/mol. The molecule has 1 aromatic rings. The van der Waals surface area contributed by atoms with Crippen LogP contribution in [0.15, 0.2) is 10.5 Å². The minimum atomic E-state index is -2.82. The van der Waals surface area contributed by atoms with Gasteiger partial charge in [0.15, 0.2) is 5.69 Å². The third-order valence-corrected chi connectivity index (χ3v) is 2.72. The third-order valence-electron chi connectivity index (χ3n) is 1.80. The molecule has 0 aliphatic carbocycles. The van der Waals surface area contributed by atoms with Gasteiger partial charge in [0, 0.05) is 4.47 Å². The van der Waals surface area contributed by atoms with Crippen LogP contribution in [0.2, 0.25) is 0 Å². The average Bonchev–Trinajstić information content (AvgIpc) is 2.26. The first kappa shape index (κ1) is 13.3. The summed E-state index contributed by atoms with van der Waals surface area (Å²) in [6.07, 6.45) is -2.82. The lowest BCUT2D eigenvalue weighted by molar-refractivity contribution is 0.0581. The van der Waals surface area contributed by atoms with Crippen molar-refractivity contribution < 1.29 is 18.3 Å². The van der Waals surface area contributed by atoms with Crippen molar-refractivity contribution in [1.82, 2.24) is 4.98 Å². The summed E-state index contributed by atoms with van der Waals surface area (Å²) in [6, 6.07) is 1.35. The van der Waals surface area contributed by atoms with Crippen molar-refractivity contribution in [3.8, 4) is 0 Å². The molecule has 0 radical (unpaired) electrons. The van der Waals surface area contributed by atoms with E-state index >= 15 is 0 Å². The molecule has 7 heteroatoms. The molecule has 0 aromatic carbocycles. The van der Waals surface area contributed by atoms with Crippen LogP contribution in [0.5, 0.6) is 0 Å². The third kappa shape index (κ3) is 2.68. The number of carbonyl (C=O) groups excluding carboxylic acids is 1. The molecule has 0 fully saturated rings. The van der Waals surface area contributed by atoms with Crippen LogP contribution >= 0.6 is 27.5 Å². The largest absolute Gasteiger partial charge is 0.464 e. The number of aromatic nitrogens is 1. The van der Waals surface area contributed by atoms with Gasteiger partial charge >= 0.3 is 5.97 Å². The summed E-state index contributed by atoms with van der Waals surface area (Å²) in [6.45, 7) is 0. The smallest absolute Gasteiger partial charge is 0.357 e. The highest BCUT2D eigenvalue weighted by Crippen LogP contribution is 2.31. The van der Waals surface area contributed by atoms with E-state index in [4.69, 9.17) is 11.6 Å². The van der Waals surface area contributed by atoms with Gasteiger partial charge in [0.25, 0.3) is 6.43 Å². The number of hydrogen-bond acceptors (Lipinski definition) is 3. The van der Waals surface area contributed by atoms with E-state index in [1.54, 1.807) is 0 Å². The number of pyridine rings is 1. The molecule has 0 spiro atoms. The lowest BCUT2D eigenvalue weighted by atomic mass is 10.2. The van der Waals surface area contributed by atoms with Crippen molar-refractivity contribution in [2.24, 2.45) is 0 Å². The first-order chi connectivity index (χ1) is 7.51. The summed E-state index contributed by atoms with van der Waals surface area (Å²) < 4.78 is 29.9. The van der Waals surface area contributed by atoms with Crippen LogP contribution in [0.1, 0.15) is 28.2 Å². The Morgan fingerprint density at radius 1 is 1.69 bits per heavy atom. The number of ether oxygens (including phenoxy) is 1. The monoisotopic (exact) mass is 313 g/mol. The zero-order valence-corrected chi connectivity index (χ0v) is 10.5. The van der Waals surface area contributed by atoms with Crippen LogP contribution in [-0.4, -0.2) is 18.1 Å². The topological polar surface area (TPSA) is 39.2 Å². The first-order valence-corrected chi connectivity index (χ1v) is 5.45. The molecule has 1 heterocycles. The van der Waals surface area contributed by atoms with Gasteiger partial charge in [0.1, 0.15) is 0 Å². The van der Waals surface area contributed by atoms with Crippen molar-refractivity contribution in [3.05, 3.63) is 27.5 Å². The molecule has 0 saturated carbocycles. The fraction of sp³-hybridized carbons (Fsp3) is 0.333. The summed E-state index contributed by atoms with van der Waals surface area (Å²) in [5.41, 5.74) is -0.582. The normalized spacial score (nSPS) is 10.6. The molecule has 16 heavy (non-hydrogen) atoms. The number of esters is 1. The Balaban J connectivity index is 3.40. The zero-order valence-electron chi connectivity index (χ0n) is 8.14. The Kier molecular flexibility index (Phi) is 4.61. The number of rotatable bonds is 3. The fourth-order valence-electron chi connectivity index (χ4n) is 1.10. The van der Waals surface area contributed by atoms with Crippen molar-refractivity contribution in [1.29, 1.82) is 0 Å². The van der Waals surface area contributed by atoms with Gasteiger partial charge < -0.3 is 4.74 Å². The fourth-order valence-corrected chi connectivity index (χ4v) is 1.86. The van der Waals surface area contributed by atoms with Crippen LogP contribution < -0.4 is 0 Å². The van der Waals surface area contributed by atoms with Gasteiger partial charge in [-0.1, -0.05) is 15.9 Å². The van der Waals surface area contributed by atoms with Crippen LogP contribution in [-0.2, 0) is 10.6 Å². The number of halogens is 4. The van der Waals surface area contributed by atoms with E-state index in [2.05, 4.69) is 25.7 Å². The second-order valence-corrected chi connectivity index (χ2v) is 3.91. The first-order valence-electron chi connectivity index (χ1n) is 4.13. The molecule has 88 valence electrons. The number of nitrogens with zero attached hydrogens (tertiary/aromatic N) is 1. The molecule has 0 aliphatic heterocycles. The summed E-state index contributed by atoms with van der Waals surface area (Å²) in [7, 11) is 1.10. The number of hydrogen-bond donors (Lipinski definition) is 0. The van der Waals surface area contributed by atoms with Gasteiger partial charge in [-0.3, -0.25) is 0 Å². The van der Waals surface area contributed by atoms with Gasteiger partial charge in [-0.05, 0) is 6.07 Å². The zero-order chi connectivity index (χ0) is 12.3. The predicted octanol–water partition coefficient (Wildman–Crippen LogP) is 3.31. The van der Waals surface area contributed by atoms with E-state index in [1.807, 2.05) is 0 Å². The van der Waals surface area contributed by atoms with Gasteiger partial charge in [0.2, 0.25) is 0 Å². The van der Waals surface area contributed by atoms with E-state index in [-0.39, 0.29) is 10.4 Å². The Morgan fingerprint density at radius 3 is 2.75 bits per heavy atom. The van der Waals surface area contributed by atoms with Crippen LogP contribution in [0.4, 0.5) is 8.78 Å². The Morgan fingerprint density at radius 2 is 2.31 bits per heavy atom. The Labute approximate surface area is 104 Å². The molecular formula is C9H7BrClF2NO2. The molecule has 0 N–H and O–H groups in total. The van der Waals surface area contributed by atoms with E-state index in [0.717, 1.165) is 7.11 Å². The summed E-state index contributed by atoms with van der Waals surface area (Å²) in [4.78, 5) is 15.0. The quantitative estimate of drug-likeness (QED) is 0.635. The highest BCUT2D eigenvalue weighted by Gasteiger charge is 2.24. The van der Waals surface area contributed by atoms with Crippen molar-refractivity contribution in [2.75, 3.05) is 7.11 Å². The predicted molar refractivity (Wildman–Crippen MR) is 57.8 cm³/mol. The molecule has 0 bridgehead atoms. The Hall–Kier alpha value is -0.750. The van der Waals surface area contributed by atoms with Crippen molar-refractivity contribution >= 4 is 33.5 Å². The molecule has 0 unspecified atom stereocenters. The molecule has 1 rings (SSSR count). The Bertz CT molecular complexity index is 415. The minimum Gasteiger partial charge on any atom is -0.464 e. The van der Waals surface area contributed by atoms with E-state index in [1.165, 1.54) is 6.07 Å². The summed E-state index contributed by atoms with van der Waals surface area (Å²) >= 11 is 8.48. The van der Waals surface area contributed by atoms with Crippen molar-refractivity contribution in [2.45, 2.75) is 12.3 Å². The van der Waals surface area contributed by atoms with Gasteiger partial charge in [0.05, 0.1) is 24.2 Å². The lowest BCUT2D eigenvalue weighted by Crippen LogP contribution is -2.11. The molecular weight excluding hydrogens is 307 g/mol. The molecule has 0 atom stereocenters. The summed E-state index contributed by atoms with van der Waals surface area (Å²) in [5.74, 6) is -0.894. The number of carbonyl (C=O) groups is 1. The van der Waals surface area contributed by atoms with Crippen LogP contribution in [0, 0.1) is 0 Å². The van der Waals surface area contributed by atoms with E-state index < -0.39 is 23.7 Å². The van der Waals surface area contributed by atoms with Crippen molar-refractivity contribution in [3.63, 3.8) is 0 Å². The second kappa shape index (κ2) is 5.54.